The van der Waals surface area contributed by atoms with Crippen molar-refractivity contribution >= 4 is 15.9 Å². The van der Waals surface area contributed by atoms with Gasteiger partial charge in [-0.05, 0) is 42.5 Å². The van der Waals surface area contributed by atoms with Gasteiger partial charge >= 0.3 is 0 Å². The molecule has 0 saturated heterocycles. The molecular formula is C14H22BrN. The number of hydrogen-bond donors (Lipinski definition) is 1. The van der Waals surface area contributed by atoms with Crippen molar-refractivity contribution in [2.24, 2.45) is 17.6 Å². The molecule has 0 aliphatic heterocycles. The van der Waals surface area contributed by atoms with Gasteiger partial charge in [-0.25, -0.2) is 0 Å². The van der Waals surface area contributed by atoms with Gasteiger partial charge < -0.3 is 5.73 Å². The molecule has 0 aliphatic rings. The lowest BCUT2D eigenvalue weighted by Crippen LogP contribution is -2.25. The van der Waals surface area contributed by atoms with E-state index in [1.54, 1.807) is 0 Å². The van der Waals surface area contributed by atoms with Crippen LogP contribution in [-0.2, 0) is 6.42 Å². The van der Waals surface area contributed by atoms with Crippen molar-refractivity contribution in [3.63, 3.8) is 0 Å². The molecule has 16 heavy (non-hydrogen) atoms. The summed E-state index contributed by atoms with van der Waals surface area (Å²) in [5.41, 5.74) is 7.28. The van der Waals surface area contributed by atoms with E-state index in [1.807, 2.05) is 0 Å². The molecule has 1 unspecified atom stereocenters. The minimum Gasteiger partial charge on any atom is -0.330 e. The zero-order chi connectivity index (χ0) is 12.0. The highest BCUT2D eigenvalue weighted by molar-refractivity contribution is 9.10. The molecule has 1 nitrogen and oxygen atoms in total. The fraction of sp³-hybridized carbons (Fsp3) is 0.571. The van der Waals surface area contributed by atoms with E-state index in [4.69, 9.17) is 5.73 Å². The molecule has 0 aromatic heterocycles. The minimum absolute atomic E-state index is 0.615. The molecule has 1 rings (SSSR count). The first-order valence-electron chi connectivity index (χ1n) is 6.15. The molecule has 1 aromatic carbocycles. The van der Waals surface area contributed by atoms with Gasteiger partial charge in [0.05, 0.1) is 0 Å². The van der Waals surface area contributed by atoms with E-state index >= 15 is 0 Å². The summed E-state index contributed by atoms with van der Waals surface area (Å²) in [4.78, 5) is 0. The quantitative estimate of drug-likeness (QED) is 0.839. The maximum atomic E-state index is 5.90. The summed E-state index contributed by atoms with van der Waals surface area (Å²) in [6.07, 6.45) is 3.56. The smallest absolute Gasteiger partial charge is 0.0177 e. The van der Waals surface area contributed by atoms with Crippen molar-refractivity contribution in [3.05, 3.63) is 34.3 Å². The highest BCUT2D eigenvalue weighted by Gasteiger charge is 2.17. The lowest BCUT2D eigenvalue weighted by molar-refractivity contribution is 0.318. The third-order valence-electron chi connectivity index (χ3n) is 3.41. The molecule has 0 amide bonds. The number of benzene rings is 1. The molecular weight excluding hydrogens is 262 g/mol. The van der Waals surface area contributed by atoms with E-state index in [-0.39, 0.29) is 0 Å². The Balaban J connectivity index is 2.69. The van der Waals surface area contributed by atoms with Crippen LogP contribution in [0.1, 0.15) is 32.3 Å². The summed E-state index contributed by atoms with van der Waals surface area (Å²) in [5, 5.41) is 0. The standard InChI is InChI=1S/C14H22BrN/c1-3-12(4-2)13(10-16)8-11-6-5-7-14(15)9-11/h5-7,9,12-13H,3-4,8,10,16H2,1-2H3. The molecule has 0 radical (unpaired) electrons. The summed E-state index contributed by atoms with van der Waals surface area (Å²) in [6, 6.07) is 8.55. The Kier molecular flexibility index (Phi) is 6.07. The van der Waals surface area contributed by atoms with Crippen LogP contribution >= 0.6 is 15.9 Å². The Hall–Kier alpha value is -0.340. The largest absolute Gasteiger partial charge is 0.330 e. The Morgan fingerprint density at radius 1 is 1.19 bits per heavy atom. The summed E-state index contributed by atoms with van der Waals surface area (Å²) in [5.74, 6) is 1.37. The molecule has 2 heteroatoms. The Bertz CT molecular complexity index is 307. The van der Waals surface area contributed by atoms with E-state index in [0.717, 1.165) is 23.4 Å². The van der Waals surface area contributed by atoms with Gasteiger partial charge in [0.2, 0.25) is 0 Å². The van der Waals surface area contributed by atoms with Crippen molar-refractivity contribution in [3.8, 4) is 0 Å². The second kappa shape index (κ2) is 7.08. The Labute approximate surface area is 108 Å². The van der Waals surface area contributed by atoms with E-state index in [0.29, 0.717) is 5.92 Å². The van der Waals surface area contributed by atoms with Crippen LogP contribution in [0.25, 0.3) is 0 Å². The van der Waals surface area contributed by atoms with Crippen LogP contribution in [0.2, 0.25) is 0 Å². The lowest BCUT2D eigenvalue weighted by Gasteiger charge is -2.24. The average molecular weight is 284 g/mol. The predicted molar refractivity (Wildman–Crippen MR) is 74.5 cm³/mol. The zero-order valence-electron chi connectivity index (χ0n) is 10.2. The van der Waals surface area contributed by atoms with Crippen LogP contribution in [0.15, 0.2) is 28.7 Å². The first kappa shape index (κ1) is 13.7. The third-order valence-corrected chi connectivity index (χ3v) is 3.90. The summed E-state index contributed by atoms with van der Waals surface area (Å²) in [7, 11) is 0. The predicted octanol–water partition coefficient (Wildman–Crippen LogP) is 4.00. The SMILES string of the molecule is CCC(CC)C(CN)Cc1cccc(Br)c1. The van der Waals surface area contributed by atoms with Crippen LogP contribution < -0.4 is 5.73 Å². The zero-order valence-corrected chi connectivity index (χ0v) is 11.8. The number of hydrogen-bond acceptors (Lipinski definition) is 1. The first-order chi connectivity index (χ1) is 7.71. The van der Waals surface area contributed by atoms with Gasteiger partial charge in [-0.2, -0.15) is 0 Å². The molecule has 0 aliphatic carbocycles. The Morgan fingerprint density at radius 3 is 2.38 bits per heavy atom. The summed E-state index contributed by atoms with van der Waals surface area (Å²) in [6.45, 7) is 5.31. The number of rotatable bonds is 6. The maximum absolute atomic E-state index is 5.90. The molecule has 0 saturated carbocycles. The normalized spacial score (nSPS) is 13.1. The van der Waals surface area contributed by atoms with E-state index in [9.17, 15) is 0 Å². The van der Waals surface area contributed by atoms with E-state index < -0.39 is 0 Å². The van der Waals surface area contributed by atoms with Gasteiger partial charge in [-0.1, -0.05) is 54.8 Å². The van der Waals surface area contributed by atoms with Crippen LogP contribution in [-0.4, -0.2) is 6.54 Å². The molecule has 1 atom stereocenters. The fourth-order valence-corrected chi connectivity index (χ4v) is 2.81. The first-order valence-corrected chi connectivity index (χ1v) is 6.95. The van der Waals surface area contributed by atoms with Gasteiger partial charge in [-0.15, -0.1) is 0 Å². The minimum atomic E-state index is 0.615. The average Bonchev–Trinajstić information content (AvgIpc) is 2.29. The Morgan fingerprint density at radius 2 is 1.88 bits per heavy atom. The molecule has 2 N–H and O–H groups in total. The van der Waals surface area contributed by atoms with Crippen molar-refractivity contribution in [2.45, 2.75) is 33.1 Å². The van der Waals surface area contributed by atoms with Crippen molar-refractivity contribution in [1.29, 1.82) is 0 Å². The van der Waals surface area contributed by atoms with Gasteiger partial charge in [-0.3, -0.25) is 0 Å². The molecule has 0 bridgehead atoms. The second-order valence-electron chi connectivity index (χ2n) is 4.41. The molecule has 90 valence electrons. The second-order valence-corrected chi connectivity index (χ2v) is 5.32. The van der Waals surface area contributed by atoms with Crippen molar-refractivity contribution in [2.75, 3.05) is 6.54 Å². The van der Waals surface area contributed by atoms with Crippen molar-refractivity contribution < 1.29 is 0 Å². The summed E-state index contributed by atoms with van der Waals surface area (Å²) < 4.78 is 1.16. The highest BCUT2D eigenvalue weighted by atomic mass is 79.9. The fourth-order valence-electron chi connectivity index (χ4n) is 2.36. The van der Waals surface area contributed by atoms with Gasteiger partial charge in [0.15, 0.2) is 0 Å². The van der Waals surface area contributed by atoms with Gasteiger partial charge in [0.25, 0.3) is 0 Å². The molecule has 0 spiro atoms. The summed E-state index contributed by atoms with van der Waals surface area (Å²) >= 11 is 3.51. The highest BCUT2D eigenvalue weighted by Crippen LogP contribution is 2.24. The van der Waals surface area contributed by atoms with Crippen molar-refractivity contribution in [1.82, 2.24) is 0 Å². The molecule has 0 fully saturated rings. The number of nitrogens with two attached hydrogens (primary N) is 1. The maximum Gasteiger partial charge on any atom is 0.0177 e. The number of halogens is 1. The van der Waals surface area contributed by atoms with Gasteiger partial charge in [0.1, 0.15) is 0 Å². The lowest BCUT2D eigenvalue weighted by atomic mass is 9.83. The van der Waals surface area contributed by atoms with Crippen LogP contribution in [0, 0.1) is 11.8 Å². The van der Waals surface area contributed by atoms with Crippen LogP contribution in [0.3, 0.4) is 0 Å². The molecule has 1 aromatic rings. The van der Waals surface area contributed by atoms with Gasteiger partial charge in [0, 0.05) is 4.47 Å². The third kappa shape index (κ3) is 3.91. The topological polar surface area (TPSA) is 26.0 Å². The molecule has 0 heterocycles. The van der Waals surface area contributed by atoms with Crippen LogP contribution in [0.4, 0.5) is 0 Å². The van der Waals surface area contributed by atoms with Crippen LogP contribution in [0.5, 0.6) is 0 Å². The van der Waals surface area contributed by atoms with E-state index in [1.165, 1.54) is 18.4 Å². The van der Waals surface area contributed by atoms with E-state index in [2.05, 4.69) is 54.0 Å². The monoisotopic (exact) mass is 283 g/mol.